The topological polar surface area (TPSA) is 199 Å². The Labute approximate surface area is 301 Å². The van der Waals surface area contributed by atoms with Crippen molar-refractivity contribution in [2.75, 3.05) is 0 Å². The fraction of sp³-hybridized carbons (Fsp3) is 0.658. The number of aliphatic hydroxyl groups is 1. The normalized spacial score (nSPS) is 17.4. The summed E-state index contributed by atoms with van der Waals surface area (Å²) in [5.74, 6) is -3.41. The number of para-hydroxylation sites is 1. The van der Waals surface area contributed by atoms with Gasteiger partial charge in [-0.1, -0.05) is 84.4 Å². The number of carboxylic acids is 1. The summed E-state index contributed by atoms with van der Waals surface area (Å²) in [4.78, 5) is 68.7. The molecular weight excluding hydrogens is 654 g/mol. The average Bonchev–Trinajstić information content (AvgIpc) is 3.46. The minimum absolute atomic E-state index is 0.141. The summed E-state index contributed by atoms with van der Waals surface area (Å²) >= 11 is 0. The van der Waals surface area contributed by atoms with Gasteiger partial charge in [0.05, 0.1) is 18.6 Å². The maximum absolute atomic E-state index is 14.1. The number of carboxylic acid groups (broad SMARTS) is 1. The minimum atomic E-state index is -1.40. The molecule has 7 N–H and O–H groups in total. The van der Waals surface area contributed by atoms with Gasteiger partial charge in [0.25, 0.3) is 0 Å². The van der Waals surface area contributed by atoms with Gasteiger partial charge < -0.3 is 41.2 Å². The Kier molecular flexibility index (Phi) is 15.3. The molecule has 1 aromatic heterocycles. The molecule has 0 spiro atoms. The smallest absolute Gasteiger partial charge is 0.408 e. The largest absolute Gasteiger partial charge is 0.480 e. The van der Waals surface area contributed by atoms with Crippen molar-refractivity contribution in [2.24, 2.45) is 17.8 Å². The van der Waals surface area contributed by atoms with E-state index < -0.39 is 78.0 Å². The molecule has 0 radical (unpaired) electrons. The van der Waals surface area contributed by atoms with Crippen LogP contribution in [0.25, 0.3) is 10.9 Å². The SMILES string of the molecule is CC[C@H](C)[C@H](NC(=O)[C@H](CC1CCCCC1)NC(=O)OC(C)(C)C)C(=O)N[C@@H](Cc1c[nH]c2ccccc12)[C@H](O)CC(=O)N[C@H](C(=O)O)C(C)C. The number of carbonyl (C=O) groups is 5. The van der Waals surface area contributed by atoms with Crippen molar-refractivity contribution in [3.8, 4) is 0 Å². The molecule has 6 atom stereocenters. The molecule has 4 amide bonds. The third kappa shape index (κ3) is 12.9. The predicted molar refractivity (Wildman–Crippen MR) is 195 cm³/mol. The summed E-state index contributed by atoms with van der Waals surface area (Å²) in [5, 5.41) is 32.9. The number of ether oxygens (including phenoxy) is 1. The average molecular weight is 714 g/mol. The first-order chi connectivity index (χ1) is 24.0. The van der Waals surface area contributed by atoms with Crippen LogP contribution in [0.2, 0.25) is 0 Å². The van der Waals surface area contributed by atoms with Crippen LogP contribution in [0.5, 0.6) is 0 Å². The number of H-pyrrole nitrogens is 1. The molecule has 1 heterocycles. The van der Waals surface area contributed by atoms with E-state index in [1.54, 1.807) is 40.8 Å². The van der Waals surface area contributed by atoms with Gasteiger partial charge in [0, 0.05) is 17.1 Å². The molecule has 3 rings (SSSR count). The Morgan fingerprint density at radius 1 is 0.922 bits per heavy atom. The summed E-state index contributed by atoms with van der Waals surface area (Å²) in [5.41, 5.74) is 0.882. The van der Waals surface area contributed by atoms with Gasteiger partial charge in [-0.05, 0) is 63.0 Å². The summed E-state index contributed by atoms with van der Waals surface area (Å²) in [6.07, 6.45) is 5.41. The van der Waals surface area contributed by atoms with Crippen LogP contribution in [-0.2, 0) is 30.3 Å². The van der Waals surface area contributed by atoms with Crippen molar-refractivity contribution < 1.29 is 38.9 Å². The Morgan fingerprint density at radius 2 is 1.59 bits per heavy atom. The van der Waals surface area contributed by atoms with Crippen LogP contribution >= 0.6 is 0 Å². The number of hydrogen-bond donors (Lipinski definition) is 7. The lowest BCUT2D eigenvalue weighted by Gasteiger charge is -2.32. The molecule has 1 aromatic carbocycles. The molecule has 1 fully saturated rings. The van der Waals surface area contributed by atoms with Crippen molar-refractivity contribution in [2.45, 2.75) is 142 Å². The van der Waals surface area contributed by atoms with Crippen molar-refractivity contribution >= 4 is 40.7 Å². The fourth-order valence-corrected chi connectivity index (χ4v) is 6.56. The molecule has 13 nitrogen and oxygen atoms in total. The number of benzene rings is 1. The lowest BCUT2D eigenvalue weighted by atomic mass is 9.84. The molecule has 1 saturated carbocycles. The lowest BCUT2D eigenvalue weighted by Crippen LogP contribution is -2.59. The number of fused-ring (bicyclic) bond motifs is 1. The number of carbonyl (C=O) groups excluding carboxylic acids is 4. The summed E-state index contributed by atoms with van der Waals surface area (Å²) in [6, 6.07) is 3.48. The molecule has 0 saturated heterocycles. The van der Waals surface area contributed by atoms with E-state index >= 15 is 0 Å². The van der Waals surface area contributed by atoms with Gasteiger partial charge in [-0.3, -0.25) is 14.4 Å². The highest BCUT2D eigenvalue weighted by molar-refractivity contribution is 5.92. The van der Waals surface area contributed by atoms with E-state index in [0.29, 0.717) is 12.8 Å². The summed E-state index contributed by atoms with van der Waals surface area (Å²) < 4.78 is 5.46. The van der Waals surface area contributed by atoms with Crippen molar-refractivity contribution in [1.29, 1.82) is 0 Å². The van der Waals surface area contributed by atoms with Crippen LogP contribution in [0.4, 0.5) is 4.79 Å². The molecule has 1 aliphatic carbocycles. The van der Waals surface area contributed by atoms with Gasteiger partial charge in [0.15, 0.2) is 0 Å². The van der Waals surface area contributed by atoms with Gasteiger partial charge >= 0.3 is 12.1 Å². The second-order valence-corrected chi connectivity index (χ2v) is 15.4. The van der Waals surface area contributed by atoms with Gasteiger partial charge in [-0.2, -0.15) is 0 Å². The Bertz CT molecular complexity index is 1480. The van der Waals surface area contributed by atoms with E-state index in [-0.39, 0.29) is 18.3 Å². The number of alkyl carbamates (subject to hydrolysis) is 1. The number of aliphatic hydroxyl groups excluding tert-OH is 1. The van der Waals surface area contributed by atoms with Crippen molar-refractivity contribution in [1.82, 2.24) is 26.3 Å². The zero-order valence-corrected chi connectivity index (χ0v) is 31.2. The van der Waals surface area contributed by atoms with E-state index in [2.05, 4.69) is 26.3 Å². The number of aromatic amines is 1. The van der Waals surface area contributed by atoms with Gasteiger partial charge in [0.2, 0.25) is 17.7 Å². The molecule has 0 unspecified atom stereocenters. The highest BCUT2D eigenvalue weighted by Crippen LogP contribution is 2.28. The predicted octanol–water partition coefficient (Wildman–Crippen LogP) is 4.57. The van der Waals surface area contributed by atoms with Crippen LogP contribution in [-0.4, -0.2) is 80.9 Å². The monoisotopic (exact) mass is 713 g/mol. The maximum atomic E-state index is 14.1. The van der Waals surface area contributed by atoms with E-state index in [0.717, 1.165) is 48.6 Å². The van der Waals surface area contributed by atoms with Gasteiger partial charge in [-0.25, -0.2) is 9.59 Å². The van der Waals surface area contributed by atoms with Gasteiger partial charge in [0.1, 0.15) is 23.7 Å². The fourth-order valence-electron chi connectivity index (χ4n) is 6.56. The van der Waals surface area contributed by atoms with Crippen LogP contribution in [0.3, 0.4) is 0 Å². The second-order valence-electron chi connectivity index (χ2n) is 15.4. The minimum Gasteiger partial charge on any atom is -0.480 e. The second kappa shape index (κ2) is 18.9. The summed E-state index contributed by atoms with van der Waals surface area (Å²) in [7, 11) is 0. The van der Waals surface area contributed by atoms with Crippen molar-refractivity contribution in [3.05, 3.63) is 36.0 Å². The van der Waals surface area contributed by atoms with Crippen LogP contribution < -0.4 is 21.3 Å². The number of amides is 4. The maximum Gasteiger partial charge on any atom is 0.408 e. The number of aliphatic carboxylic acids is 1. The number of nitrogens with one attached hydrogen (secondary N) is 5. The van der Waals surface area contributed by atoms with E-state index in [9.17, 15) is 34.2 Å². The van der Waals surface area contributed by atoms with Crippen LogP contribution in [0, 0.1) is 17.8 Å². The first kappa shape index (κ1) is 41.3. The first-order valence-corrected chi connectivity index (χ1v) is 18.3. The van der Waals surface area contributed by atoms with Crippen LogP contribution in [0.1, 0.15) is 105 Å². The van der Waals surface area contributed by atoms with E-state index in [4.69, 9.17) is 4.74 Å². The highest BCUT2D eigenvalue weighted by Gasteiger charge is 2.35. The third-order valence-electron chi connectivity index (χ3n) is 9.65. The molecule has 1 aliphatic rings. The molecule has 0 aliphatic heterocycles. The summed E-state index contributed by atoms with van der Waals surface area (Å²) in [6.45, 7) is 12.3. The molecule has 284 valence electrons. The molecule has 13 heteroatoms. The zero-order valence-electron chi connectivity index (χ0n) is 31.2. The van der Waals surface area contributed by atoms with E-state index in [1.165, 1.54) is 0 Å². The molecule has 51 heavy (non-hydrogen) atoms. The quantitative estimate of drug-likeness (QED) is 0.124. The number of aromatic nitrogens is 1. The van der Waals surface area contributed by atoms with E-state index in [1.807, 2.05) is 38.1 Å². The molecule has 2 aromatic rings. The Balaban J connectivity index is 1.86. The number of hydrogen-bond acceptors (Lipinski definition) is 7. The van der Waals surface area contributed by atoms with Gasteiger partial charge in [-0.15, -0.1) is 0 Å². The molecular formula is C38H59N5O8. The van der Waals surface area contributed by atoms with Crippen LogP contribution in [0.15, 0.2) is 30.5 Å². The lowest BCUT2D eigenvalue weighted by molar-refractivity contribution is -0.143. The zero-order chi connectivity index (χ0) is 37.9. The third-order valence-corrected chi connectivity index (χ3v) is 9.65. The molecule has 0 bridgehead atoms. The standard InChI is InChI=1S/C38H59N5O8/c1-8-23(4)33(43-34(46)29(18-24-14-10-9-11-15-24)41-37(50)51-38(5,6)7)35(47)40-28(19-25-21-39-27-17-13-12-16-26(25)27)30(44)20-31(45)42-32(22(2)3)36(48)49/h12-13,16-17,21-24,28-30,32-33,39,44H,8-11,14-15,18-20H2,1-7H3,(H,40,47)(H,41,50)(H,42,45)(H,43,46)(H,48,49)/t23-,28-,29-,30+,32-,33-/m0/s1. The number of rotatable bonds is 17. The Hall–Kier alpha value is -4.13. The first-order valence-electron chi connectivity index (χ1n) is 18.3. The van der Waals surface area contributed by atoms with Crippen molar-refractivity contribution in [3.63, 3.8) is 0 Å². The highest BCUT2D eigenvalue weighted by atomic mass is 16.6. The Morgan fingerprint density at radius 3 is 2.20 bits per heavy atom.